The third-order valence-corrected chi connectivity index (χ3v) is 3.20. The van der Waals surface area contributed by atoms with Gasteiger partial charge in [0.25, 0.3) is 0 Å². The summed E-state index contributed by atoms with van der Waals surface area (Å²) in [6.45, 7) is 10.6. The summed E-state index contributed by atoms with van der Waals surface area (Å²) in [6.07, 6.45) is 2.77. The average molecular weight is 302 g/mol. The Bertz CT molecular complexity index is 397. The third-order valence-electron chi connectivity index (χ3n) is 3.20. The summed E-state index contributed by atoms with van der Waals surface area (Å²) < 4.78 is 6.80. The molecule has 1 heterocycles. The Morgan fingerprint density at radius 3 is 2.00 bits per heavy atom. The molecule has 1 aromatic rings. The Hall–Kier alpha value is -0.925. The predicted molar refractivity (Wildman–Crippen MR) is 81.0 cm³/mol. The molecule has 0 radical (unpaired) electrons. The van der Waals surface area contributed by atoms with Crippen LogP contribution in [0.2, 0.25) is 0 Å². The molecule has 0 amide bonds. The lowest BCUT2D eigenvalue weighted by molar-refractivity contribution is -0.107. The van der Waals surface area contributed by atoms with Crippen LogP contribution in [0.1, 0.15) is 47.8 Å². The molecular weight excluding hydrogens is 275 g/mol. The zero-order valence-corrected chi connectivity index (χ0v) is 13.6. The molecule has 8 heteroatoms. The lowest BCUT2D eigenvalue weighted by Crippen LogP contribution is -2.44. The van der Waals surface area contributed by atoms with Gasteiger partial charge in [-0.2, -0.15) is 5.10 Å². The number of aromatic nitrogens is 2. The molecule has 1 unspecified atom stereocenters. The van der Waals surface area contributed by atoms with Crippen molar-refractivity contribution in [1.82, 2.24) is 9.78 Å². The summed E-state index contributed by atoms with van der Waals surface area (Å²) in [5.41, 5.74) is -1.65. The second-order valence-electron chi connectivity index (χ2n) is 5.80. The number of rotatable bonds is 5. The summed E-state index contributed by atoms with van der Waals surface area (Å²) in [7, 11) is -1.47. The molecule has 0 saturated carbocycles. The SMILES string of the molecule is CC(C)(O)C(C)(C)O.CCOC(C)n1cc(B(O)O)cn1. The maximum Gasteiger partial charge on any atom is 0.491 e. The van der Waals surface area contributed by atoms with Crippen LogP contribution in [0.4, 0.5) is 0 Å². The van der Waals surface area contributed by atoms with Gasteiger partial charge >= 0.3 is 7.12 Å². The molecule has 0 fully saturated rings. The molecule has 1 aromatic heterocycles. The zero-order valence-electron chi connectivity index (χ0n) is 13.6. The molecule has 1 atom stereocenters. The summed E-state index contributed by atoms with van der Waals surface area (Å²) in [5.74, 6) is 0. The van der Waals surface area contributed by atoms with Crippen molar-refractivity contribution in [2.45, 2.75) is 59.0 Å². The van der Waals surface area contributed by atoms with Crippen molar-refractivity contribution in [2.75, 3.05) is 6.61 Å². The van der Waals surface area contributed by atoms with E-state index in [1.54, 1.807) is 33.9 Å². The van der Waals surface area contributed by atoms with Gasteiger partial charge in [0, 0.05) is 24.5 Å². The normalized spacial score (nSPS) is 13.4. The van der Waals surface area contributed by atoms with Crippen LogP contribution < -0.4 is 5.46 Å². The van der Waals surface area contributed by atoms with Gasteiger partial charge in [-0.25, -0.2) is 4.68 Å². The molecule has 0 spiro atoms. The van der Waals surface area contributed by atoms with Crippen LogP contribution in [0, 0.1) is 0 Å². The smallest absolute Gasteiger partial charge is 0.423 e. The number of aliphatic hydroxyl groups is 2. The van der Waals surface area contributed by atoms with Gasteiger partial charge in [-0.3, -0.25) is 0 Å². The van der Waals surface area contributed by atoms with Gasteiger partial charge in [0.2, 0.25) is 0 Å². The summed E-state index contributed by atoms with van der Waals surface area (Å²) in [5, 5.41) is 39.8. The number of hydrogen-bond acceptors (Lipinski definition) is 6. The van der Waals surface area contributed by atoms with Gasteiger partial charge in [0.05, 0.1) is 11.2 Å². The molecule has 0 aliphatic carbocycles. The van der Waals surface area contributed by atoms with Crippen LogP contribution in [-0.4, -0.2) is 55.0 Å². The molecule has 0 bridgehead atoms. The van der Waals surface area contributed by atoms with Gasteiger partial charge in [-0.05, 0) is 41.5 Å². The van der Waals surface area contributed by atoms with Gasteiger partial charge in [-0.15, -0.1) is 0 Å². The topological polar surface area (TPSA) is 108 Å². The van der Waals surface area contributed by atoms with Crippen molar-refractivity contribution in [2.24, 2.45) is 0 Å². The average Bonchev–Trinajstić information content (AvgIpc) is 2.76. The third kappa shape index (κ3) is 7.06. The highest BCUT2D eigenvalue weighted by atomic mass is 16.5. The molecule has 4 N–H and O–H groups in total. The van der Waals surface area contributed by atoms with E-state index in [0.717, 1.165) is 0 Å². The molecular formula is C13H27BN2O5. The first-order valence-electron chi connectivity index (χ1n) is 6.86. The van der Waals surface area contributed by atoms with E-state index in [-0.39, 0.29) is 6.23 Å². The minimum Gasteiger partial charge on any atom is -0.423 e. The van der Waals surface area contributed by atoms with Crippen LogP contribution in [0.25, 0.3) is 0 Å². The molecule has 0 aromatic carbocycles. The fourth-order valence-corrected chi connectivity index (χ4v) is 1.00. The summed E-state index contributed by atoms with van der Waals surface area (Å²) >= 11 is 0. The fraction of sp³-hybridized carbons (Fsp3) is 0.769. The van der Waals surface area contributed by atoms with E-state index in [4.69, 9.17) is 25.0 Å². The van der Waals surface area contributed by atoms with E-state index >= 15 is 0 Å². The van der Waals surface area contributed by atoms with E-state index in [1.165, 1.54) is 10.9 Å². The van der Waals surface area contributed by atoms with Gasteiger partial charge in [0.1, 0.15) is 6.23 Å². The molecule has 0 aliphatic heterocycles. The fourth-order valence-electron chi connectivity index (χ4n) is 1.00. The van der Waals surface area contributed by atoms with Crippen LogP contribution in [-0.2, 0) is 4.74 Å². The highest BCUT2D eigenvalue weighted by Crippen LogP contribution is 2.19. The van der Waals surface area contributed by atoms with E-state index in [1.807, 2.05) is 13.8 Å². The van der Waals surface area contributed by atoms with Gasteiger partial charge in [0.15, 0.2) is 0 Å². The minimum atomic E-state index is -1.47. The van der Waals surface area contributed by atoms with Crippen molar-refractivity contribution in [3.63, 3.8) is 0 Å². The first kappa shape index (κ1) is 20.1. The van der Waals surface area contributed by atoms with Gasteiger partial charge < -0.3 is 25.0 Å². The lowest BCUT2D eigenvalue weighted by Gasteiger charge is -2.31. The van der Waals surface area contributed by atoms with E-state index < -0.39 is 18.3 Å². The number of ether oxygens (including phenoxy) is 1. The van der Waals surface area contributed by atoms with Crippen molar-refractivity contribution in [3.05, 3.63) is 12.4 Å². The second kappa shape index (κ2) is 7.91. The summed E-state index contributed by atoms with van der Waals surface area (Å²) in [4.78, 5) is 0. The van der Waals surface area contributed by atoms with Crippen molar-refractivity contribution in [1.29, 1.82) is 0 Å². The molecule has 1 rings (SSSR count). The Morgan fingerprint density at radius 2 is 1.71 bits per heavy atom. The standard InChI is InChI=1S/C7H13BN2O3.C6H14O2/c1-3-13-6(2)10-5-7(4-9-10)8(11)12;1-5(2,7)6(3,4)8/h4-6,11-12H,3H2,1-2H3;7-8H,1-4H3. The molecule has 0 aliphatic rings. The number of nitrogens with zero attached hydrogens (tertiary/aromatic N) is 2. The second-order valence-corrected chi connectivity index (χ2v) is 5.80. The molecule has 21 heavy (non-hydrogen) atoms. The Morgan fingerprint density at radius 1 is 1.24 bits per heavy atom. The van der Waals surface area contributed by atoms with Crippen molar-refractivity contribution >= 4 is 12.6 Å². The predicted octanol–water partition coefficient (Wildman–Crippen LogP) is -0.354. The first-order chi connectivity index (χ1) is 9.40. The highest BCUT2D eigenvalue weighted by Gasteiger charge is 2.31. The maximum atomic E-state index is 9.10. The Labute approximate surface area is 126 Å². The largest absolute Gasteiger partial charge is 0.491 e. The Kier molecular flexibility index (Phi) is 7.56. The zero-order chi connectivity index (χ0) is 16.8. The van der Waals surface area contributed by atoms with Crippen LogP contribution in [0.15, 0.2) is 12.4 Å². The quantitative estimate of drug-likeness (QED) is 0.554. The molecule has 0 saturated heterocycles. The van der Waals surface area contributed by atoms with Crippen LogP contribution in [0.3, 0.4) is 0 Å². The highest BCUT2D eigenvalue weighted by molar-refractivity contribution is 6.58. The van der Waals surface area contributed by atoms with Crippen molar-refractivity contribution < 1.29 is 25.0 Å². The maximum absolute atomic E-state index is 9.10. The number of hydrogen-bond donors (Lipinski definition) is 4. The van der Waals surface area contributed by atoms with E-state index in [9.17, 15) is 0 Å². The van der Waals surface area contributed by atoms with Crippen LogP contribution in [0.5, 0.6) is 0 Å². The van der Waals surface area contributed by atoms with Gasteiger partial charge in [-0.1, -0.05) is 0 Å². The lowest BCUT2D eigenvalue weighted by atomic mass is 9.83. The molecule has 7 nitrogen and oxygen atoms in total. The Balaban J connectivity index is 0.000000433. The van der Waals surface area contributed by atoms with E-state index in [0.29, 0.717) is 12.1 Å². The monoisotopic (exact) mass is 302 g/mol. The van der Waals surface area contributed by atoms with Crippen LogP contribution >= 0.6 is 0 Å². The first-order valence-corrected chi connectivity index (χ1v) is 6.86. The summed E-state index contributed by atoms with van der Waals surface area (Å²) in [6, 6.07) is 0. The molecule has 122 valence electrons. The van der Waals surface area contributed by atoms with Crippen molar-refractivity contribution in [3.8, 4) is 0 Å². The minimum absolute atomic E-state index is 0.183. The van der Waals surface area contributed by atoms with E-state index in [2.05, 4.69) is 5.10 Å².